The minimum atomic E-state index is -0.988. The lowest BCUT2D eigenvalue weighted by Gasteiger charge is -2.47. The van der Waals surface area contributed by atoms with Crippen molar-refractivity contribution in [2.24, 2.45) is 5.92 Å². The van der Waals surface area contributed by atoms with Crippen molar-refractivity contribution in [1.29, 1.82) is 0 Å². The number of benzene rings is 3. The highest BCUT2D eigenvalue weighted by Crippen LogP contribution is 2.34. The van der Waals surface area contributed by atoms with Gasteiger partial charge in [0.15, 0.2) is 11.9 Å². The van der Waals surface area contributed by atoms with E-state index in [0.29, 0.717) is 36.0 Å². The maximum atomic E-state index is 13.5. The van der Waals surface area contributed by atoms with E-state index in [4.69, 9.17) is 4.74 Å². The second-order valence-corrected chi connectivity index (χ2v) is 17.2. The average molecular weight is 842 g/mol. The van der Waals surface area contributed by atoms with Gasteiger partial charge in [-0.3, -0.25) is 49.0 Å². The number of piperidine rings is 2. The Bertz CT molecular complexity index is 2400. The van der Waals surface area contributed by atoms with Gasteiger partial charge in [0.05, 0.1) is 29.9 Å². The summed E-state index contributed by atoms with van der Waals surface area (Å²) in [5.41, 5.74) is 5.41. The Morgan fingerprint density at radius 2 is 1.53 bits per heavy atom. The highest BCUT2D eigenvalue weighted by Gasteiger charge is 2.45. The molecule has 16 nitrogen and oxygen atoms in total. The third-order valence-corrected chi connectivity index (χ3v) is 13.2. The van der Waals surface area contributed by atoms with Crippen LogP contribution in [0, 0.1) is 5.92 Å². The monoisotopic (exact) mass is 841 g/mol. The highest BCUT2D eigenvalue weighted by atomic mass is 16.5. The van der Waals surface area contributed by atoms with Crippen LogP contribution < -0.4 is 20.4 Å². The lowest BCUT2D eigenvalue weighted by atomic mass is 9.93. The van der Waals surface area contributed by atoms with Crippen molar-refractivity contribution in [2.75, 3.05) is 55.0 Å². The first kappa shape index (κ1) is 41.0. The number of fused-ring (bicyclic) bond motifs is 2. The molecule has 0 spiro atoms. The van der Waals surface area contributed by atoms with Crippen molar-refractivity contribution in [1.82, 2.24) is 30.2 Å². The van der Waals surface area contributed by atoms with Crippen LogP contribution in [0.2, 0.25) is 0 Å². The summed E-state index contributed by atoms with van der Waals surface area (Å²) >= 11 is 0. The van der Waals surface area contributed by atoms with E-state index in [1.165, 1.54) is 7.11 Å². The number of ether oxygens (including phenoxy) is 1. The number of aromatic nitrogens is 2. The predicted octanol–water partition coefficient (Wildman–Crippen LogP) is 4.11. The fraction of sp³-hybridized carbons (Fsp3) is 0.413. The summed E-state index contributed by atoms with van der Waals surface area (Å²) in [5.74, 6) is -1.47. The number of amides is 6. The zero-order valence-electron chi connectivity index (χ0n) is 35.1. The van der Waals surface area contributed by atoms with Gasteiger partial charge in [0.1, 0.15) is 6.04 Å². The van der Waals surface area contributed by atoms with Crippen molar-refractivity contribution in [3.63, 3.8) is 0 Å². The molecule has 1 aromatic heterocycles. The van der Waals surface area contributed by atoms with Gasteiger partial charge in [-0.05, 0) is 87.1 Å². The summed E-state index contributed by atoms with van der Waals surface area (Å²) in [6.45, 7) is 9.50. The molecule has 5 aliphatic heterocycles. The van der Waals surface area contributed by atoms with E-state index in [1.807, 2.05) is 60.7 Å². The Kier molecular flexibility index (Phi) is 11.1. The Labute approximate surface area is 359 Å². The molecule has 62 heavy (non-hydrogen) atoms. The van der Waals surface area contributed by atoms with Gasteiger partial charge in [-0.1, -0.05) is 30.3 Å². The number of carbonyl (C=O) groups is 6. The molecular formula is C46H51N9O7. The van der Waals surface area contributed by atoms with Crippen molar-refractivity contribution >= 4 is 52.6 Å². The summed E-state index contributed by atoms with van der Waals surface area (Å²) in [4.78, 5) is 87.6. The van der Waals surface area contributed by atoms with E-state index < -0.39 is 35.8 Å². The number of methoxy groups -OCH3 is 1. The highest BCUT2D eigenvalue weighted by molar-refractivity contribution is 6.23. The van der Waals surface area contributed by atoms with Crippen molar-refractivity contribution in [3.8, 4) is 0 Å². The molecule has 0 radical (unpaired) electrons. The SMILES string of the molecule is COC(C(=O)N1Cc2[nH]nc(NC(=O)c3ccc(N4CCC(CN5C(C)CN(c6ccc7c(c6)C(=O)N(C6CCC(=O)NC6=O)C7=O)CC5C)CC4)cc3)c2C1)c1ccccc1. The molecule has 3 saturated heterocycles. The molecule has 6 amide bonds. The summed E-state index contributed by atoms with van der Waals surface area (Å²) < 4.78 is 5.56. The van der Waals surface area contributed by atoms with Gasteiger partial charge < -0.3 is 24.8 Å². The fourth-order valence-electron chi connectivity index (χ4n) is 9.83. The van der Waals surface area contributed by atoms with Gasteiger partial charge in [0.2, 0.25) is 11.8 Å². The number of imide groups is 2. The zero-order valence-corrected chi connectivity index (χ0v) is 35.1. The number of nitrogens with zero attached hydrogens (tertiary/aromatic N) is 6. The van der Waals surface area contributed by atoms with Crippen LogP contribution in [0.1, 0.15) is 93.5 Å². The molecule has 3 fully saturated rings. The average Bonchev–Trinajstić information content (AvgIpc) is 3.94. The lowest BCUT2D eigenvalue weighted by Crippen LogP contribution is -2.58. The molecule has 5 aliphatic rings. The molecule has 0 bridgehead atoms. The number of nitrogens with one attached hydrogen (secondary N) is 3. The first-order valence-corrected chi connectivity index (χ1v) is 21.4. The van der Waals surface area contributed by atoms with Crippen molar-refractivity contribution < 1.29 is 33.5 Å². The first-order valence-electron chi connectivity index (χ1n) is 21.4. The van der Waals surface area contributed by atoms with Crippen molar-refractivity contribution in [2.45, 2.75) is 76.8 Å². The van der Waals surface area contributed by atoms with Gasteiger partial charge in [-0.15, -0.1) is 0 Å². The number of hydrogen-bond acceptors (Lipinski definition) is 11. The zero-order chi connectivity index (χ0) is 43.2. The van der Waals surface area contributed by atoms with Crippen LogP contribution in [0.5, 0.6) is 0 Å². The van der Waals surface area contributed by atoms with E-state index in [0.717, 1.165) is 78.7 Å². The number of anilines is 3. The molecule has 6 heterocycles. The van der Waals surface area contributed by atoms with E-state index in [9.17, 15) is 28.8 Å². The number of carbonyl (C=O) groups excluding carboxylic acids is 6. The van der Waals surface area contributed by atoms with Crippen LogP contribution in [0.4, 0.5) is 17.2 Å². The minimum absolute atomic E-state index is 0.0832. The van der Waals surface area contributed by atoms with E-state index in [-0.39, 0.29) is 42.3 Å². The fourth-order valence-corrected chi connectivity index (χ4v) is 9.83. The van der Waals surface area contributed by atoms with Crippen LogP contribution in [0.3, 0.4) is 0 Å². The van der Waals surface area contributed by atoms with E-state index >= 15 is 0 Å². The van der Waals surface area contributed by atoms with Crippen LogP contribution in [0.25, 0.3) is 0 Å². The Morgan fingerprint density at radius 1 is 0.839 bits per heavy atom. The number of hydrogen-bond donors (Lipinski definition) is 3. The largest absolute Gasteiger partial charge is 0.372 e. The van der Waals surface area contributed by atoms with Gasteiger partial charge in [-0.25, -0.2) is 0 Å². The van der Waals surface area contributed by atoms with Crippen LogP contribution in [-0.4, -0.2) is 118 Å². The number of H-pyrrole nitrogens is 1. The smallest absolute Gasteiger partial charge is 0.262 e. The molecule has 0 saturated carbocycles. The topological polar surface area (TPSA) is 181 Å². The molecule has 0 aliphatic carbocycles. The minimum Gasteiger partial charge on any atom is -0.372 e. The second kappa shape index (κ2) is 16.8. The summed E-state index contributed by atoms with van der Waals surface area (Å²) in [6, 6.07) is 21.9. The molecule has 16 heteroatoms. The molecule has 322 valence electrons. The van der Waals surface area contributed by atoms with Gasteiger partial charge in [0.25, 0.3) is 23.6 Å². The molecule has 4 atom stereocenters. The van der Waals surface area contributed by atoms with Crippen LogP contribution >= 0.6 is 0 Å². The second-order valence-electron chi connectivity index (χ2n) is 17.2. The third-order valence-electron chi connectivity index (χ3n) is 13.2. The van der Waals surface area contributed by atoms with Crippen molar-refractivity contribution in [3.05, 3.63) is 106 Å². The van der Waals surface area contributed by atoms with Gasteiger partial charge in [0, 0.05) is 80.8 Å². The quantitative estimate of drug-likeness (QED) is 0.196. The van der Waals surface area contributed by atoms with Gasteiger partial charge in [-0.2, -0.15) is 5.10 Å². The van der Waals surface area contributed by atoms with Crippen LogP contribution in [-0.2, 0) is 32.2 Å². The maximum Gasteiger partial charge on any atom is 0.262 e. The molecule has 3 aromatic carbocycles. The molecule has 4 aromatic rings. The predicted molar refractivity (Wildman–Crippen MR) is 229 cm³/mol. The summed E-state index contributed by atoms with van der Waals surface area (Å²) in [5, 5.41) is 12.5. The van der Waals surface area contributed by atoms with E-state index in [2.05, 4.69) is 49.4 Å². The maximum absolute atomic E-state index is 13.5. The van der Waals surface area contributed by atoms with Crippen LogP contribution in [0.15, 0.2) is 72.8 Å². The summed E-state index contributed by atoms with van der Waals surface area (Å²) in [6.07, 6.45) is 1.59. The summed E-state index contributed by atoms with van der Waals surface area (Å²) in [7, 11) is 1.53. The standard InChI is InChI=1S/C46H51N9O7/c1-27-22-52(33-13-14-34-35(21-33)45(60)55(44(34)59)38-15-16-39(56)47-43(38)58)23-28(2)54(27)24-29-17-19-51(20-18-29)32-11-9-31(10-12-32)42(57)48-41-36-25-53(26-37(36)49-50-41)46(61)40(62-3)30-7-5-4-6-8-30/h4-14,21,27-29,38,40H,15-20,22-26H2,1-3H3,(H,47,56,58)(H2,48,49,50,57). The van der Waals surface area contributed by atoms with E-state index in [1.54, 1.807) is 17.0 Å². The molecule has 9 rings (SSSR count). The molecule has 4 unspecified atom stereocenters. The first-order chi connectivity index (χ1) is 30.0. The number of rotatable bonds is 10. The van der Waals surface area contributed by atoms with Gasteiger partial charge >= 0.3 is 0 Å². The Balaban J connectivity index is 0.752. The number of piperazine rings is 1. The normalized spacial score (nSPS) is 22.5. The molecular weight excluding hydrogens is 791 g/mol. The molecule has 3 N–H and O–H groups in total. The lowest BCUT2D eigenvalue weighted by molar-refractivity contribution is -0.143. The third kappa shape index (κ3) is 7.72. The number of aromatic amines is 1. The Morgan fingerprint density at radius 3 is 2.23 bits per heavy atom. The Hall–Kier alpha value is -6.39.